The maximum absolute atomic E-state index is 4.08. The predicted molar refractivity (Wildman–Crippen MR) is 52.1 cm³/mol. The lowest BCUT2D eigenvalue weighted by Gasteiger charge is -2.25. The smallest absolute Gasteiger partial charge is 0.281 e. The van der Waals surface area contributed by atoms with Gasteiger partial charge in [0.05, 0.1) is 11.3 Å². The molecule has 3 nitrogen and oxygen atoms in total. The molecule has 0 spiro atoms. The molecular formula is C10H15N3+. The fourth-order valence-corrected chi connectivity index (χ4v) is 2.10. The Bertz CT molecular complexity index is 276. The fraction of sp³-hybridized carbons (Fsp3) is 0.700. The van der Waals surface area contributed by atoms with Crippen molar-refractivity contribution in [3.8, 4) is 0 Å². The predicted octanol–water partition coefficient (Wildman–Crippen LogP) is 0.281. The van der Waals surface area contributed by atoms with Crippen molar-refractivity contribution in [1.29, 1.82) is 0 Å². The number of nitrogens with zero attached hydrogens (tertiary/aromatic N) is 2. The zero-order valence-electron chi connectivity index (χ0n) is 7.79. The molecular weight excluding hydrogens is 162 g/mol. The van der Waals surface area contributed by atoms with Crippen molar-refractivity contribution in [1.82, 2.24) is 15.4 Å². The monoisotopic (exact) mass is 177 g/mol. The third kappa shape index (κ3) is 1.48. The van der Waals surface area contributed by atoms with Crippen LogP contribution in [-0.2, 0) is 0 Å². The van der Waals surface area contributed by atoms with Crippen LogP contribution in [0.3, 0.4) is 0 Å². The summed E-state index contributed by atoms with van der Waals surface area (Å²) in [5, 5.41) is 4.08. The first-order chi connectivity index (χ1) is 6.42. The highest BCUT2D eigenvalue weighted by Crippen LogP contribution is 2.30. The standard InChI is InChI=1S/C10H15N3/c1-2-8(1)6-13-4-3-10-9(7-13)5-11-12-10/h5,8,12H,1-4,6-7H2/q+1. The summed E-state index contributed by atoms with van der Waals surface area (Å²) in [6, 6.07) is 0. The third-order valence-corrected chi connectivity index (χ3v) is 3.09. The Kier molecular flexibility index (Phi) is 1.65. The van der Waals surface area contributed by atoms with Crippen LogP contribution in [0.25, 0.3) is 0 Å². The summed E-state index contributed by atoms with van der Waals surface area (Å²) >= 11 is 0. The van der Waals surface area contributed by atoms with Crippen LogP contribution in [0.5, 0.6) is 0 Å². The van der Waals surface area contributed by atoms with Crippen LogP contribution in [0.2, 0.25) is 0 Å². The van der Waals surface area contributed by atoms with Crippen LogP contribution in [-0.4, -0.2) is 30.7 Å². The molecule has 0 atom stereocenters. The average molecular weight is 177 g/mol. The molecule has 1 saturated carbocycles. The first-order valence-electron chi connectivity index (χ1n) is 5.15. The van der Waals surface area contributed by atoms with Crippen molar-refractivity contribution in [2.24, 2.45) is 5.92 Å². The minimum absolute atomic E-state index is 1.01. The second-order valence-electron chi connectivity index (χ2n) is 4.30. The molecule has 0 bridgehead atoms. The number of rotatable bonds is 2. The minimum Gasteiger partial charge on any atom is -0.298 e. The van der Waals surface area contributed by atoms with Gasteiger partial charge in [-0.1, -0.05) is 0 Å². The van der Waals surface area contributed by atoms with Gasteiger partial charge >= 0.3 is 0 Å². The Morgan fingerprint density at radius 1 is 1.54 bits per heavy atom. The van der Waals surface area contributed by atoms with E-state index in [1.807, 2.05) is 6.21 Å². The van der Waals surface area contributed by atoms with Gasteiger partial charge in [-0.3, -0.25) is 4.90 Å². The summed E-state index contributed by atoms with van der Waals surface area (Å²) < 4.78 is 0. The van der Waals surface area contributed by atoms with Crippen molar-refractivity contribution in [2.45, 2.75) is 19.3 Å². The Balaban J connectivity index is 1.65. The van der Waals surface area contributed by atoms with Crippen LogP contribution in [0.4, 0.5) is 0 Å². The molecule has 0 amide bonds. The summed E-state index contributed by atoms with van der Waals surface area (Å²) in [5.74, 6) is 1.01. The van der Waals surface area contributed by atoms with Gasteiger partial charge in [0.1, 0.15) is 0 Å². The summed E-state index contributed by atoms with van der Waals surface area (Å²) in [7, 11) is 0. The van der Waals surface area contributed by atoms with Crippen molar-refractivity contribution in [3.05, 3.63) is 11.3 Å². The quantitative estimate of drug-likeness (QED) is 0.656. The fourth-order valence-electron chi connectivity index (χ4n) is 2.10. The molecule has 0 aromatic carbocycles. The SMILES string of the molecule is C1=[N+]NC2=C1CN(CC1CC1)CC2. The van der Waals surface area contributed by atoms with E-state index in [1.54, 1.807) is 0 Å². The average Bonchev–Trinajstić information content (AvgIpc) is 2.83. The number of nitrogens with one attached hydrogen (secondary N) is 1. The number of hydrogen-bond donors (Lipinski definition) is 1. The molecule has 1 aliphatic carbocycles. The van der Waals surface area contributed by atoms with E-state index in [-0.39, 0.29) is 0 Å². The van der Waals surface area contributed by atoms with Gasteiger partial charge < -0.3 is 0 Å². The van der Waals surface area contributed by atoms with E-state index >= 15 is 0 Å². The van der Waals surface area contributed by atoms with Crippen LogP contribution in [0, 0.1) is 5.92 Å². The normalized spacial score (nSPS) is 27.7. The largest absolute Gasteiger partial charge is 0.298 e. The second-order valence-corrected chi connectivity index (χ2v) is 4.30. The van der Waals surface area contributed by atoms with Gasteiger partial charge in [0.2, 0.25) is 0 Å². The molecule has 1 N–H and O–H groups in total. The maximum atomic E-state index is 4.08. The summed E-state index contributed by atoms with van der Waals surface area (Å²) in [4.78, 5) is 2.56. The molecule has 3 rings (SSSR count). The topological polar surface area (TPSA) is 29.4 Å². The van der Waals surface area contributed by atoms with Gasteiger partial charge in [0.15, 0.2) is 5.10 Å². The summed E-state index contributed by atoms with van der Waals surface area (Å²) in [5.41, 5.74) is 5.83. The molecule has 2 aliphatic heterocycles. The highest BCUT2D eigenvalue weighted by molar-refractivity contribution is 5.81. The molecule has 2 heterocycles. The molecule has 3 heteroatoms. The van der Waals surface area contributed by atoms with Crippen molar-refractivity contribution >= 4 is 6.21 Å². The van der Waals surface area contributed by atoms with Crippen molar-refractivity contribution in [3.63, 3.8) is 0 Å². The first-order valence-corrected chi connectivity index (χ1v) is 5.15. The molecule has 0 aromatic heterocycles. The third-order valence-electron chi connectivity index (χ3n) is 3.09. The lowest BCUT2D eigenvalue weighted by Crippen LogP contribution is -2.34. The molecule has 0 unspecified atom stereocenters. The molecule has 3 aliphatic rings. The molecule has 13 heavy (non-hydrogen) atoms. The van der Waals surface area contributed by atoms with Gasteiger partial charge in [0.25, 0.3) is 6.21 Å². The van der Waals surface area contributed by atoms with Gasteiger partial charge in [-0.25, -0.2) is 0 Å². The van der Waals surface area contributed by atoms with Gasteiger partial charge in [0, 0.05) is 26.1 Å². The molecule has 1 fully saturated rings. The molecule has 1 radical (unpaired) electrons. The van der Waals surface area contributed by atoms with Gasteiger partial charge in [-0.15, -0.1) is 5.43 Å². The Morgan fingerprint density at radius 3 is 3.31 bits per heavy atom. The van der Waals surface area contributed by atoms with Crippen molar-refractivity contribution in [2.75, 3.05) is 19.6 Å². The molecule has 0 aromatic rings. The van der Waals surface area contributed by atoms with E-state index in [0.29, 0.717) is 0 Å². The maximum Gasteiger partial charge on any atom is 0.281 e. The lowest BCUT2D eigenvalue weighted by molar-refractivity contribution is 0.276. The first kappa shape index (κ1) is 7.56. The molecule has 0 saturated heterocycles. The summed E-state index contributed by atoms with van der Waals surface area (Å²) in [6.07, 6.45) is 6.04. The Morgan fingerprint density at radius 2 is 2.46 bits per heavy atom. The van der Waals surface area contributed by atoms with E-state index in [1.165, 1.54) is 37.2 Å². The molecule has 69 valence electrons. The van der Waals surface area contributed by atoms with Crippen LogP contribution in [0.1, 0.15) is 19.3 Å². The van der Waals surface area contributed by atoms with Crippen LogP contribution < -0.4 is 10.5 Å². The minimum atomic E-state index is 1.01. The number of hydrazone groups is 1. The Labute approximate surface area is 78.5 Å². The number of hydrogen-bond acceptors (Lipinski definition) is 3. The van der Waals surface area contributed by atoms with E-state index in [9.17, 15) is 0 Å². The van der Waals surface area contributed by atoms with E-state index in [4.69, 9.17) is 0 Å². The second kappa shape index (κ2) is 2.84. The zero-order chi connectivity index (χ0) is 8.67. The van der Waals surface area contributed by atoms with Gasteiger partial charge in [-0.2, -0.15) is 0 Å². The highest BCUT2D eigenvalue weighted by atomic mass is 15.3. The van der Waals surface area contributed by atoms with Crippen LogP contribution in [0.15, 0.2) is 11.3 Å². The zero-order valence-corrected chi connectivity index (χ0v) is 7.79. The van der Waals surface area contributed by atoms with Gasteiger partial charge in [-0.05, 0) is 18.8 Å². The lowest BCUT2D eigenvalue weighted by atomic mass is 10.1. The summed E-state index contributed by atoms with van der Waals surface area (Å²) in [6.45, 7) is 3.64. The van der Waals surface area contributed by atoms with E-state index in [0.717, 1.165) is 18.9 Å². The van der Waals surface area contributed by atoms with Crippen LogP contribution >= 0.6 is 0 Å². The Hall–Kier alpha value is -0.830. The van der Waals surface area contributed by atoms with E-state index < -0.39 is 0 Å². The van der Waals surface area contributed by atoms with Crippen molar-refractivity contribution < 1.29 is 0 Å². The van der Waals surface area contributed by atoms with E-state index in [2.05, 4.69) is 15.4 Å². The highest BCUT2D eigenvalue weighted by Gasteiger charge is 2.30.